The average Bonchev–Trinajstić information content (AvgIpc) is 2.69. The molecule has 2 rings (SSSR count). The van der Waals surface area contributed by atoms with Crippen LogP contribution in [0.4, 0.5) is 11.5 Å². The summed E-state index contributed by atoms with van der Waals surface area (Å²) in [5, 5.41) is 6.42. The fourth-order valence-electron chi connectivity index (χ4n) is 1.50. The van der Waals surface area contributed by atoms with Crippen molar-refractivity contribution in [1.29, 1.82) is 0 Å². The molecule has 0 aromatic carbocycles. The Labute approximate surface area is 111 Å². The third-order valence-electron chi connectivity index (χ3n) is 2.60. The second-order valence-corrected chi connectivity index (χ2v) is 5.94. The lowest BCUT2D eigenvalue weighted by Gasteiger charge is -2.05. The SMILES string of the molecule is Cc1[nH]nc(NS(=O)(=O)CCc2ccccn2)c1N. The normalized spacial score (nSPS) is 11.4. The van der Waals surface area contributed by atoms with E-state index in [0.29, 0.717) is 17.8 Å². The number of aromatic nitrogens is 3. The molecule has 2 heterocycles. The molecule has 0 saturated carbocycles. The van der Waals surface area contributed by atoms with Crippen molar-refractivity contribution in [1.82, 2.24) is 15.2 Å². The van der Waals surface area contributed by atoms with Crippen molar-refractivity contribution in [3.63, 3.8) is 0 Å². The van der Waals surface area contributed by atoms with E-state index >= 15 is 0 Å². The van der Waals surface area contributed by atoms with Gasteiger partial charge in [-0.2, -0.15) is 5.10 Å². The molecule has 102 valence electrons. The van der Waals surface area contributed by atoms with Gasteiger partial charge in [0, 0.05) is 18.3 Å². The zero-order chi connectivity index (χ0) is 13.9. The van der Waals surface area contributed by atoms with Gasteiger partial charge in [-0.05, 0) is 19.1 Å². The Morgan fingerprint density at radius 2 is 2.21 bits per heavy atom. The second-order valence-electron chi connectivity index (χ2n) is 4.10. The summed E-state index contributed by atoms with van der Waals surface area (Å²) in [4.78, 5) is 4.07. The zero-order valence-electron chi connectivity index (χ0n) is 10.4. The molecule has 0 amide bonds. The number of hydrogen-bond donors (Lipinski definition) is 3. The highest BCUT2D eigenvalue weighted by Gasteiger charge is 2.15. The van der Waals surface area contributed by atoms with Gasteiger partial charge < -0.3 is 5.73 Å². The van der Waals surface area contributed by atoms with Crippen molar-refractivity contribution in [2.24, 2.45) is 0 Å². The van der Waals surface area contributed by atoms with Gasteiger partial charge in [0.2, 0.25) is 10.0 Å². The van der Waals surface area contributed by atoms with E-state index in [2.05, 4.69) is 19.9 Å². The summed E-state index contributed by atoms with van der Waals surface area (Å²) >= 11 is 0. The number of nitrogens with one attached hydrogen (secondary N) is 2. The van der Waals surface area contributed by atoms with E-state index in [-0.39, 0.29) is 11.6 Å². The monoisotopic (exact) mass is 281 g/mol. The highest BCUT2D eigenvalue weighted by atomic mass is 32.2. The largest absolute Gasteiger partial charge is 0.394 e. The molecule has 0 spiro atoms. The molecule has 2 aromatic rings. The van der Waals surface area contributed by atoms with E-state index in [1.165, 1.54) is 0 Å². The maximum absolute atomic E-state index is 11.9. The van der Waals surface area contributed by atoms with Crippen LogP contribution < -0.4 is 10.5 Å². The standard InChI is InChI=1S/C11H15N5O2S/c1-8-10(12)11(15-14-8)16-19(17,18)7-5-9-4-2-3-6-13-9/h2-4,6H,5,7,12H2,1H3,(H2,14,15,16). The molecule has 0 unspecified atom stereocenters. The molecule has 0 atom stereocenters. The van der Waals surface area contributed by atoms with Crippen molar-refractivity contribution < 1.29 is 8.42 Å². The van der Waals surface area contributed by atoms with Gasteiger partial charge in [0.15, 0.2) is 5.82 Å². The summed E-state index contributed by atoms with van der Waals surface area (Å²) in [7, 11) is -3.49. The summed E-state index contributed by atoms with van der Waals surface area (Å²) in [6.45, 7) is 1.72. The van der Waals surface area contributed by atoms with Gasteiger partial charge in [-0.15, -0.1) is 0 Å². The lowest BCUT2D eigenvalue weighted by atomic mass is 10.3. The summed E-state index contributed by atoms with van der Waals surface area (Å²) in [5.74, 6) is 0.0635. The van der Waals surface area contributed by atoms with Crippen LogP contribution in [-0.4, -0.2) is 29.4 Å². The van der Waals surface area contributed by atoms with Crippen LogP contribution in [0.15, 0.2) is 24.4 Å². The second kappa shape index (κ2) is 5.27. The predicted octanol–water partition coefficient (Wildman–Crippen LogP) is 0.680. The zero-order valence-corrected chi connectivity index (χ0v) is 11.2. The highest BCUT2D eigenvalue weighted by Crippen LogP contribution is 2.19. The van der Waals surface area contributed by atoms with E-state index < -0.39 is 10.0 Å². The topological polar surface area (TPSA) is 114 Å². The Hall–Kier alpha value is -2.09. The van der Waals surface area contributed by atoms with Crippen LogP contribution in [0.1, 0.15) is 11.4 Å². The smallest absolute Gasteiger partial charge is 0.234 e. The molecule has 0 aliphatic heterocycles. The van der Waals surface area contributed by atoms with Crippen molar-refractivity contribution in [2.75, 3.05) is 16.2 Å². The molecular weight excluding hydrogens is 266 g/mol. The Morgan fingerprint density at radius 1 is 1.42 bits per heavy atom. The molecule has 7 nitrogen and oxygen atoms in total. The number of hydrogen-bond acceptors (Lipinski definition) is 5. The molecule has 0 aliphatic rings. The molecule has 0 radical (unpaired) electrons. The minimum absolute atomic E-state index is 0.0740. The number of aryl methyl sites for hydroxylation is 2. The number of pyridine rings is 1. The first-order chi connectivity index (χ1) is 8.98. The molecule has 0 aliphatic carbocycles. The lowest BCUT2D eigenvalue weighted by molar-refractivity contribution is 0.600. The summed E-state index contributed by atoms with van der Waals surface area (Å²) in [5.41, 5.74) is 7.34. The van der Waals surface area contributed by atoms with Crippen molar-refractivity contribution >= 4 is 21.5 Å². The van der Waals surface area contributed by atoms with Gasteiger partial charge in [0.25, 0.3) is 0 Å². The summed E-state index contributed by atoms with van der Waals surface area (Å²) < 4.78 is 26.1. The van der Waals surface area contributed by atoms with Crippen LogP contribution in [0.2, 0.25) is 0 Å². The Bertz CT molecular complexity index is 651. The number of nitrogens with zero attached hydrogens (tertiary/aromatic N) is 2. The van der Waals surface area contributed by atoms with Crippen LogP contribution in [0.3, 0.4) is 0 Å². The van der Waals surface area contributed by atoms with Crippen LogP contribution in [-0.2, 0) is 16.4 Å². The summed E-state index contributed by atoms with van der Waals surface area (Å²) in [6, 6.07) is 5.38. The molecular formula is C11H15N5O2S. The quantitative estimate of drug-likeness (QED) is 0.745. The first kappa shape index (κ1) is 13.3. The summed E-state index contributed by atoms with van der Waals surface area (Å²) in [6.07, 6.45) is 1.96. The number of sulfonamides is 1. The van der Waals surface area contributed by atoms with Crippen LogP contribution in [0.25, 0.3) is 0 Å². The number of rotatable bonds is 5. The molecule has 2 aromatic heterocycles. The van der Waals surface area contributed by atoms with Gasteiger partial charge in [-0.3, -0.25) is 14.8 Å². The van der Waals surface area contributed by atoms with Crippen molar-refractivity contribution in [3.05, 3.63) is 35.8 Å². The Morgan fingerprint density at radius 3 is 2.79 bits per heavy atom. The Balaban J connectivity index is 2.01. The van der Waals surface area contributed by atoms with Crippen molar-refractivity contribution in [2.45, 2.75) is 13.3 Å². The number of aromatic amines is 1. The third kappa shape index (κ3) is 3.44. The first-order valence-corrected chi connectivity index (χ1v) is 7.34. The van der Waals surface area contributed by atoms with Gasteiger partial charge in [0.05, 0.1) is 17.1 Å². The minimum Gasteiger partial charge on any atom is -0.394 e. The first-order valence-electron chi connectivity index (χ1n) is 5.69. The van der Waals surface area contributed by atoms with E-state index in [1.807, 2.05) is 6.07 Å². The number of nitrogen functional groups attached to an aromatic ring is 1. The van der Waals surface area contributed by atoms with E-state index in [4.69, 9.17) is 5.73 Å². The maximum atomic E-state index is 11.9. The van der Waals surface area contributed by atoms with Crippen LogP contribution in [0.5, 0.6) is 0 Å². The van der Waals surface area contributed by atoms with Gasteiger partial charge >= 0.3 is 0 Å². The minimum atomic E-state index is -3.49. The van der Waals surface area contributed by atoms with E-state index in [1.54, 1.807) is 25.3 Å². The molecule has 19 heavy (non-hydrogen) atoms. The molecule has 0 bridgehead atoms. The van der Waals surface area contributed by atoms with E-state index in [9.17, 15) is 8.42 Å². The van der Waals surface area contributed by atoms with Gasteiger partial charge in [0.1, 0.15) is 0 Å². The average molecular weight is 281 g/mol. The van der Waals surface area contributed by atoms with Gasteiger partial charge in [-0.25, -0.2) is 8.42 Å². The molecule has 0 fully saturated rings. The van der Waals surface area contributed by atoms with E-state index in [0.717, 1.165) is 5.69 Å². The lowest BCUT2D eigenvalue weighted by Crippen LogP contribution is -2.19. The molecule has 8 heteroatoms. The van der Waals surface area contributed by atoms with Crippen molar-refractivity contribution in [3.8, 4) is 0 Å². The maximum Gasteiger partial charge on any atom is 0.234 e. The predicted molar refractivity (Wildman–Crippen MR) is 73.1 cm³/mol. The molecule has 4 N–H and O–H groups in total. The fourth-order valence-corrected chi connectivity index (χ4v) is 2.53. The molecule has 0 saturated heterocycles. The van der Waals surface area contributed by atoms with Crippen LogP contribution in [0, 0.1) is 6.92 Å². The van der Waals surface area contributed by atoms with Crippen LogP contribution >= 0.6 is 0 Å². The number of H-pyrrole nitrogens is 1. The number of anilines is 2. The number of nitrogens with two attached hydrogens (primary N) is 1. The Kier molecular flexibility index (Phi) is 3.70. The highest BCUT2D eigenvalue weighted by molar-refractivity contribution is 7.92. The van der Waals surface area contributed by atoms with Gasteiger partial charge in [-0.1, -0.05) is 6.07 Å². The fraction of sp³-hybridized carbons (Fsp3) is 0.273. The third-order valence-corrected chi connectivity index (χ3v) is 3.85.